The van der Waals surface area contributed by atoms with E-state index in [1.165, 1.54) is 0 Å². The third-order valence-electron chi connectivity index (χ3n) is 1.11. The van der Waals surface area contributed by atoms with Gasteiger partial charge in [0.2, 0.25) is 0 Å². The highest BCUT2D eigenvalue weighted by Gasteiger charge is 2.16. The molecule has 0 aliphatic rings. The summed E-state index contributed by atoms with van der Waals surface area (Å²) in [6.07, 6.45) is 0.339. The Morgan fingerprint density at radius 2 is 2.30 bits per heavy atom. The molecule has 0 aromatic carbocycles. The number of carbonyl (C=O) groups is 1. The van der Waals surface area contributed by atoms with Crippen molar-refractivity contribution in [3.63, 3.8) is 0 Å². The maximum absolute atomic E-state index is 10.3. The molecule has 0 fully saturated rings. The van der Waals surface area contributed by atoms with Crippen LogP contribution in [0.15, 0.2) is 0 Å². The first-order valence-electron chi connectivity index (χ1n) is 3.02. The number of hydrazine groups is 1. The molecule has 0 amide bonds. The number of carboxylic acids is 1. The molecule has 2 atom stereocenters. The molecule has 0 saturated heterocycles. The first kappa shape index (κ1) is 9.35. The van der Waals surface area contributed by atoms with E-state index in [1.54, 1.807) is 6.92 Å². The maximum atomic E-state index is 10.3. The molecule has 0 spiro atoms. The molecular weight excluding hydrogens is 134 g/mol. The second-order valence-electron chi connectivity index (χ2n) is 2.27. The van der Waals surface area contributed by atoms with Gasteiger partial charge in [0.05, 0.1) is 0 Å². The fourth-order valence-electron chi connectivity index (χ4n) is 0.612. The number of nitrogens with two attached hydrogens (primary N) is 2. The maximum Gasteiger partial charge on any atom is 0.322 e. The Balaban J connectivity index is 3.72. The molecule has 0 heterocycles. The fraction of sp³-hybridized carbons (Fsp3) is 0.800. The third kappa shape index (κ3) is 3.39. The summed E-state index contributed by atoms with van der Waals surface area (Å²) in [7, 11) is 0. The number of aliphatic carboxylic acids is 1. The summed E-state index contributed by atoms with van der Waals surface area (Å²) in [5.41, 5.74) is 7.50. The smallest absolute Gasteiger partial charge is 0.322 e. The highest BCUT2D eigenvalue weighted by atomic mass is 16.4. The highest BCUT2D eigenvalue weighted by Crippen LogP contribution is 1.93. The average molecular weight is 147 g/mol. The number of carboxylic acid groups (broad SMARTS) is 1. The van der Waals surface area contributed by atoms with Crippen molar-refractivity contribution in [2.45, 2.75) is 25.4 Å². The van der Waals surface area contributed by atoms with Crippen LogP contribution >= 0.6 is 0 Å². The van der Waals surface area contributed by atoms with Gasteiger partial charge in [-0.25, -0.2) is 5.43 Å². The predicted octanol–water partition coefficient (Wildman–Crippen LogP) is -1.36. The van der Waals surface area contributed by atoms with Crippen molar-refractivity contribution in [3.8, 4) is 0 Å². The first-order valence-corrected chi connectivity index (χ1v) is 3.02. The van der Waals surface area contributed by atoms with Crippen LogP contribution in [0, 0.1) is 0 Å². The summed E-state index contributed by atoms with van der Waals surface area (Å²) in [5, 5.41) is 8.42. The average Bonchev–Trinajstić information content (AvgIpc) is 1.81. The fourth-order valence-corrected chi connectivity index (χ4v) is 0.612. The van der Waals surface area contributed by atoms with Crippen molar-refractivity contribution in [2.24, 2.45) is 11.6 Å². The zero-order valence-corrected chi connectivity index (χ0v) is 5.87. The van der Waals surface area contributed by atoms with E-state index in [2.05, 4.69) is 5.43 Å². The largest absolute Gasteiger partial charge is 0.480 e. The quantitative estimate of drug-likeness (QED) is 0.290. The topological polar surface area (TPSA) is 101 Å². The van der Waals surface area contributed by atoms with Gasteiger partial charge in [-0.2, -0.15) is 0 Å². The Hall–Kier alpha value is -0.650. The molecule has 0 aliphatic heterocycles. The third-order valence-corrected chi connectivity index (χ3v) is 1.11. The standard InChI is InChI=1S/C5H13N3O2/c1-3(6)2-4(8-7)5(9)10/h3-4,8H,2,6-7H2,1H3,(H,9,10). The van der Waals surface area contributed by atoms with E-state index < -0.39 is 12.0 Å². The normalized spacial score (nSPS) is 16.3. The summed E-state index contributed by atoms with van der Waals surface area (Å²) >= 11 is 0. The minimum atomic E-state index is -0.972. The number of hydrogen-bond donors (Lipinski definition) is 4. The first-order chi connectivity index (χ1) is 4.57. The Morgan fingerprint density at radius 3 is 2.40 bits per heavy atom. The Labute approximate surface area is 59.4 Å². The van der Waals surface area contributed by atoms with Gasteiger partial charge in [-0.3, -0.25) is 10.6 Å². The monoisotopic (exact) mass is 147 g/mol. The molecule has 0 aromatic rings. The van der Waals surface area contributed by atoms with Crippen molar-refractivity contribution in [2.75, 3.05) is 0 Å². The van der Waals surface area contributed by atoms with Gasteiger partial charge in [-0.15, -0.1) is 0 Å². The van der Waals surface area contributed by atoms with E-state index in [0.717, 1.165) is 0 Å². The molecule has 5 heteroatoms. The number of hydrogen-bond acceptors (Lipinski definition) is 4. The van der Waals surface area contributed by atoms with E-state index in [0.29, 0.717) is 6.42 Å². The second kappa shape index (κ2) is 4.21. The summed E-state index contributed by atoms with van der Waals surface area (Å²) in [6, 6.07) is -0.892. The summed E-state index contributed by atoms with van der Waals surface area (Å²) in [4.78, 5) is 10.3. The zero-order valence-electron chi connectivity index (χ0n) is 5.87. The van der Waals surface area contributed by atoms with Gasteiger partial charge in [0.25, 0.3) is 0 Å². The summed E-state index contributed by atoms with van der Waals surface area (Å²) < 4.78 is 0. The SMILES string of the molecule is CC(N)CC(NN)C(=O)O. The van der Waals surface area contributed by atoms with Crippen LogP contribution in [0.2, 0.25) is 0 Å². The minimum absolute atomic E-state index is 0.155. The van der Waals surface area contributed by atoms with E-state index in [4.69, 9.17) is 16.7 Å². The Bertz CT molecular complexity index is 115. The van der Waals surface area contributed by atoms with Gasteiger partial charge >= 0.3 is 5.97 Å². The molecule has 10 heavy (non-hydrogen) atoms. The molecule has 0 bridgehead atoms. The lowest BCUT2D eigenvalue weighted by Crippen LogP contribution is -2.44. The van der Waals surface area contributed by atoms with Crippen LogP contribution in [-0.4, -0.2) is 23.2 Å². The van der Waals surface area contributed by atoms with Crippen molar-refractivity contribution in [1.29, 1.82) is 0 Å². The van der Waals surface area contributed by atoms with Crippen molar-refractivity contribution in [1.82, 2.24) is 5.43 Å². The van der Waals surface area contributed by atoms with Crippen molar-refractivity contribution < 1.29 is 9.90 Å². The molecule has 0 aliphatic carbocycles. The van der Waals surface area contributed by atoms with Crippen LogP contribution in [-0.2, 0) is 4.79 Å². The van der Waals surface area contributed by atoms with Crippen LogP contribution in [0.5, 0.6) is 0 Å². The lowest BCUT2D eigenvalue weighted by molar-refractivity contribution is -0.139. The number of nitrogens with one attached hydrogen (secondary N) is 1. The van der Waals surface area contributed by atoms with Gasteiger partial charge in [-0.1, -0.05) is 0 Å². The van der Waals surface area contributed by atoms with Crippen LogP contribution in [0.1, 0.15) is 13.3 Å². The molecule has 0 aromatic heterocycles. The van der Waals surface area contributed by atoms with Gasteiger partial charge < -0.3 is 10.8 Å². The minimum Gasteiger partial charge on any atom is -0.480 e. The van der Waals surface area contributed by atoms with Gasteiger partial charge in [-0.05, 0) is 13.3 Å². The van der Waals surface area contributed by atoms with Crippen LogP contribution in [0.4, 0.5) is 0 Å². The molecule has 0 radical (unpaired) electrons. The van der Waals surface area contributed by atoms with Gasteiger partial charge in [0.1, 0.15) is 6.04 Å². The number of rotatable bonds is 4. The molecular formula is C5H13N3O2. The van der Waals surface area contributed by atoms with Gasteiger partial charge in [0.15, 0.2) is 0 Å². The van der Waals surface area contributed by atoms with Crippen LogP contribution in [0.3, 0.4) is 0 Å². The van der Waals surface area contributed by atoms with E-state index in [9.17, 15) is 4.79 Å². The van der Waals surface area contributed by atoms with E-state index >= 15 is 0 Å². The lowest BCUT2D eigenvalue weighted by Gasteiger charge is -2.12. The predicted molar refractivity (Wildman–Crippen MR) is 37.0 cm³/mol. The summed E-state index contributed by atoms with van der Waals surface area (Å²) in [5.74, 6) is 3.96. The molecule has 60 valence electrons. The highest BCUT2D eigenvalue weighted by molar-refractivity contribution is 5.73. The van der Waals surface area contributed by atoms with Crippen molar-refractivity contribution >= 4 is 5.97 Å². The van der Waals surface area contributed by atoms with Crippen molar-refractivity contribution in [3.05, 3.63) is 0 Å². The Kier molecular flexibility index (Phi) is 3.94. The molecule has 0 saturated carbocycles. The second-order valence-corrected chi connectivity index (χ2v) is 2.27. The lowest BCUT2D eigenvalue weighted by atomic mass is 10.1. The summed E-state index contributed by atoms with van der Waals surface area (Å²) in [6.45, 7) is 1.73. The Morgan fingerprint density at radius 1 is 1.80 bits per heavy atom. The molecule has 6 N–H and O–H groups in total. The van der Waals surface area contributed by atoms with Gasteiger partial charge in [0, 0.05) is 6.04 Å². The van der Waals surface area contributed by atoms with E-state index in [-0.39, 0.29) is 6.04 Å². The van der Waals surface area contributed by atoms with Crippen LogP contribution in [0.25, 0.3) is 0 Å². The zero-order chi connectivity index (χ0) is 8.15. The van der Waals surface area contributed by atoms with Crippen LogP contribution < -0.4 is 17.0 Å². The molecule has 2 unspecified atom stereocenters. The molecule has 0 rings (SSSR count). The van der Waals surface area contributed by atoms with E-state index in [1.807, 2.05) is 0 Å². The molecule has 5 nitrogen and oxygen atoms in total.